The number of benzene rings is 2. The van der Waals surface area contributed by atoms with Crippen LogP contribution in [0.5, 0.6) is 17.4 Å². The molecule has 39 heavy (non-hydrogen) atoms. The highest BCUT2D eigenvalue weighted by Gasteiger charge is 2.32. The van der Waals surface area contributed by atoms with Crippen LogP contribution in [-0.4, -0.2) is 32.0 Å². The molecule has 3 aromatic heterocycles. The van der Waals surface area contributed by atoms with Gasteiger partial charge in [0.25, 0.3) is 11.5 Å². The first-order chi connectivity index (χ1) is 18.6. The van der Waals surface area contributed by atoms with Gasteiger partial charge in [-0.1, -0.05) is 12.1 Å². The molecule has 0 atom stereocenters. The predicted molar refractivity (Wildman–Crippen MR) is 133 cm³/mol. The first kappa shape index (κ1) is 25.8. The van der Waals surface area contributed by atoms with Crippen LogP contribution in [0.25, 0.3) is 15.9 Å². The lowest BCUT2D eigenvalue weighted by atomic mass is 10.2. The number of amides is 1. The van der Waals surface area contributed by atoms with Crippen LogP contribution in [0.4, 0.5) is 23.2 Å². The molecule has 5 aromatic rings. The Bertz CT molecular complexity index is 1770. The van der Waals surface area contributed by atoms with E-state index in [2.05, 4.69) is 25.1 Å². The second kappa shape index (κ2) is 10.1. The molecular weight excluding hydrogens is 542 g/mol. The molecule has 0 aliphatic rings. The SMILES string of the molecule is Cc1cc(=O)n(-c2ccccc2OC(F)(F)F)nc1C(=O)Nc1ccc(Oc2ncnc3ccsc23)c(F)c1. The van der Waals surface area contributed by atoms with Gasteiger partial charge in [-0.25, -0.2) is 14.4 Å². The van der Waals surface area contributed by atoms with Crippen LogP contribution in [0.15, 0.2) is 71.1 Å². The number of thiophene rings is 1. The summed E-state index contributed by atoms with van der Waals surface area (Å²) in [4.78, 5) is 33.7. The molecule has 9 nitrogen and oxygen atoms in total. The van der Waals surface area contributed by atoms with Crippen LogP contribution in [0.3, 0.4) is 0 Å². The summed E-state index contributed by atoms with van der Waals surface area (Å²) in [5.74, 6) is -2.30. The largest absolute Gasteiger partial charge is 0.573 e. The molecule has 0 saturated carbocycles. The minimum Gasteiger partial charge on any atom is -0.434 e. The summed E-state index contributed by atoms with van der Waals surface area (Å²) in [7, 11) is 0. The van der Waals surface area contributed by atoms with E-state index in [4.69, 9.17) is 4.74 Å². The molecule has 2 aromatic carbocycles. The first-order valence-corrected chi connectivity index (χ1v) is 11.9. The fourth-order valence-electron chi connectivity index (χ4n) is 3.58. The van der Waals surface area contributed by atoms with Gasteiger partial charge in [0.05, 0.1) is 5.52 Å². The maximum atomic E-state index is 14.8. The lowest BCUT2D eigenvalue weighted by molar-refractivity contribution is -0.274. The summed E-state index contributed by atoms with van der Waals surface area (Å²) in [6.45, 7) is 1.43. The smallest absolute Gasteiger partial charge is 0.434 e. The van der Waals surface area contributed by atoms with Crippen molar-refractivity contribution in [2.75, 3.05) is 5.32 Å². The molecule has 3 heterocycles. The van der Waals surface area contributed by atoms with E-state index in [1.54, 1.807) is 11.4 Å². The van der Waals surface area contributed by atoms with Crippen molar-refractivity contribution in [3.8, 4) is 23.1 Å². The molecule has 1 amide bonds. The highest BCUT2D eigenvalue weighted by Crippen LogP contribution is 2.32. The number of alkyl halides is 3. The van der Waals surface area contributed by atoms with Crippen molar-refractivity contribution in [3.63, 3.8) is 0 Å². The fourth-order valence-corrected chi connectivity index (χ4v) is 4.35. The van der Waals surface area contributed by atoms with E-state index < -0.39 is 29.4 Å². The van der Waals surface area contributed by atoms with Gasteiger partial charge < -0.3 is 14.8 Å². The summed E-state index contributed by atoms with van der Waals surface area (Å²) in [6, 6.07) is 11.3. The molecular formula is C25H15F4N5O4S. The Morgan fingerprint density at radius 3 is 2.62 bits per heavy atom. The Kier molecular flexibility index (Phi) is 6.70. The number of hydrogen-bond acceptors (Lipinski definition) is 8. The number of nitrogens with zero attached hydrogens (tertiary/aromatic N) is 4. The second-order valence-corrected chi connectivity index (χ2v) is 8.87. The average molecular weight is 557 g/mol. The average Bonchev–Trinajstić information content (AvgIpc) is 3.35. The van der Waals surface area contributed by atoms with Crippen LogP contribution < -0.4 is 20.3 Å². The second-order valence-electron chi connectivity index (χ2n) is 7.96. The van der Waals surface area contributed by atoms with E-state index in [9.17, 15) is 27.2 Å². The summed E-state index contributed by atoms with van der Waals surface area (Å²) in [5.41, 5.74) is -0.574. The normalized spacial score (nSPS) is 11.4. The summed E-state index contributed by atoms with van der Waals surface area (Å²) < 4.78 is 64.2. The first-order valence-electron chi connectivity index (χ1n) is 11.0. The summed E-state index contributed by atoms with van der Waals surface area (Å²) >= 11 is 1.33. The van der Waals surface area contributed by atoms with Gasteiger partial charge >= 0.3 is 6.36 Å². The van der Waals surface area contributed by atoms with Crippen LogP contribution in [0.1, 0.15) is 16.1 Å². The Balaban J connectivity index is 1.40. The van der Waals surface area contributed by atoms with Crippen molar-refractivity contribution in [1.82, 2.24) is 19.7 Å². The Hall–Kier alpha value is -4.85. The van der Waals surface area contributed by atoms with Crippen LogP contribution >= 0.6 is 11.3 Å². The van der Waals surface area contributed by atoms with Crippen LogP contribution in [-0.2, 0) is 0 Å². The number of aromatic nitrogens is 4. The number of hydrogen-bond donors (Lipinski definition) is 1. The maximum Gasteiger partial charge on any atom is 0.573 e. The molecule has 0 radical (unpaired) electrons. The minimum atomic E-state index is -5.02. The topological polar surface area (TPSA) is 108 Å². The van der Waals surface area contributed by atoms with Crippen molar-refractivity contribution in [2.24, 2.45) is 0 Å². The van der Waals surface area contributed by atoms with Gasteiger partial charge in [-0.2, -0.15) is 9.78 Å². The lowest BCUT2D eigenvalue weighted by Crippen LogP contribution is -2.28. The van der Waals surface area contributed by atoms with E-state index >= 15 is 0 Å². The van der Waals surface area contributed by atoms with Crippen LogP contribution in [0.2, 0.25) is 0 Å². The number of carbonyl (C=O) groups excluding carboxylic acids is 1. The van der Waals surface area contributed by atoms with E-state index in [-0.39, 0.29) is 34.3 Å². The molecule has 198 valence electrons. The zero-order chi connectivity index (χ0) is 27.7. The third-order valence-electron chi connectivity index (χ3n) is 5.26. The zero-order valence-corrected chi connectivity index (χ0v) is 20.5. The number of aryl methyl sites for hydroxylation is 1. The van der Waals surface area contributed by atoms with Crippen molar-refractivity contribution in [2.45, 2.75) is 13.3 Å². The van der Waals surface area contributed by atoms with Crippen molar-refractivity contribution >= 4 is 33.1 Å². The standard InChI is InChI=1S/C25H15F4N5O4S/c1-13-10-20(35)34(17-4-2-3-5-19(17)38-25(27,28)29)33-21(13)23(36)32-14-6-7-18(15(26)11-14)37-24-22-16(8-9-39-22)30-12-31-24/h2-12H,1H3,(H,32,36). The van der Waals surface area contributed by atoms with Gasteiger partial charge in [0.2, 0.25) is 5.88 Å². The van der Waals surface area contributed by atoms with Crippen molar-refractivity contribution < 1.29 is 31.8 Å². The molecule has 0 spiro atoms. The Labute approximate surface area is 220 Å². The third kappa shape index (κ3) is 5.55. The van der Waals surface area contributed by atoms with Gasteiger partial charge in [-0.15, -0.1) is 24.5 Å². The molecule has 14 heteroatoms. The number of halogens is 4. The summed E-state index contributed by atoms with van der Waals surface area (Å²) in [5, 5.41) is 8.22. The maximum absolute atomic E-state index is 14.8. The molecule has 0 bridgehead atoms. The minimum absolute atomic E-state index is 0.0357. The number of anilines is 1. The number of nitrogens with one attached hydrogen (secondary N) is 1. The van der Waals surface area contributed by atoms with E-state index in [0.717, 1.165) is 18.2 Å². The van der Waals surface area contributed by atoms with E-state index in [1.807, 2.05) is 0 Å². The molecule has 0 unspecified atom stereocenters. The highest BCUT2D eigenvalue weighted by molar-refractivity contribution is 7.17. The molecule has 1 N–H and O–H groups in total. The number of fused-ring (bicyclic) bond motifs is 1. The summed E-state index contributed by atoms with van der Waals surface area (Å²) in [6.07, 6.45) is -3.73. The highest BCUT2D eigenvalue weighted by atomic mass is 32.1. The van der Waals surface area contributed by atoms with Gasteiger partial charge in [0, 0.05) is 17.8 Å². The molecule has 0 fully saturated rings. The lowest BCUT2D eigenvalue weighted by Gasteiger charge is -2.15. The number of rotatable bonds is 6. The van der Waals surface area contributed by atoms with E-state index in [1.165, 1.54) is 54.9 Å². The zero-order valence-electron chi connectivity index (χ0n) is 19.7. The van der Waals surface area contributed by atoms with E-state index in [0.29, 0.717) is 14.9 Å². The van der Waals surface area contributed by atoms with Gasteiger partial charge in [0.15, 0.2) is 23.0 Å². The number of carbonyl (C=O) groups is 1. The van der Waals surface area contributed by atoms with Gasteiger partial charge in [-0.05, 0) is 48.2 Å². The molecule has 0 saturated heterocycles. The third-order valence-corrected chi connectivity index (χ3v) is 6.15. The molecule has 0 aliphatic carbocycles. The fraction of sp³-hybridized carbons (Fsp3) is 0.0800. The molecule has 0 aliphatic heterocycles. The Morgan fingerprint density at radius 1 is 1.05 bits per heavy atom. The number of para-hydroxylation sites is 2. The predicted octanol–water partition coefficient (Wildman–Crippen LogP) is 5.63. The Morgan fingerprint density at radius 2 is 1.85 bits per heavy atom. The van der Waals surface area contributed by atoms with Gasteiger partial charge in [-0.3, -0.25) is 9.59 Å². The van der Waals surface area contributed by atoms with Crippen molar-refractivity contribution in [1.29, 1.82) is 0 Å². The quantitative estimate of drug-likeness (QED) is 0.270. The monoisotopic (exact) mass is 557 g/mol. The van der Waals surface area contributed by atoms with Gasteiger partial charge in [0.1, 0.15) is 16.7 Å². The number of ether oxygens (including phenoxy) is 2. The van der Waals surface area contributed by atoms with Crippen molar-refractivity contribution in [3.05, 3.63) is 93.7 Å². The van der Waals surface area contributed by atoms with Crippen LogP contribution in [0, 0.1) is 12.7 Å². The molecule has 5 rings (SSSR count).